The van der Waals surface area contributed by atoms with E-state index in [-0.39, 0.29) is 5.78 Å². The van der Waals surface area contributed by atoms with Gasteiger partial charge in [-0.15, -0.1) is 11.3 Å². The standard InChI is InChI=1S/C11H7ClINOS/c12-9-4-7(14)1-2-8(9)11(15)6-3-10(13)16-5-6/h1-5H,14H2. The van der Waals surface area contributed by atoms with Gasteiger partial charge in [-0.1, -0.05) is 11.6 Å². The lowest BCUT2D eigenvalue weighted by Gasteiger charge is -2.02. The minimum absolute atomic E-state index is 0.0656. The molecule has 0 aliphatic rings. The molecule has 0 aliphatic heterocycles. The average Bonchev–Trinajstić information content (AvgIpc) is 2.64. The van der Waals surface area contributed by atoms with Crippen molar-refractivity contribution in [2.75, 3.05) is 5.73 Å². The molecule has 0 atom stereocenters. The van der Waals surface area contributed by atoms with Crippen molar-refractivity contribution >= 4 is 57.0 Å². The predicted octanol–water partition coefficient (Wildman–Crippen LogP) is 3.82. The van der Waals surface area contributed by atoms with Gasteiger partial charge < -0.3 is 5.73 Å². The molecule has 0 aliphatic carbocycles. The first-order valence-electron chi connectivity index (χ1n) is 4.41. The number of rotatable bonds is 2. The van der Waals surface area contributed by atoms with Crippen molar-refractivity contribution in [2.45, 2.75) is 0 Å². The predicted molar refractivity (Wildman–Crippen MR) is 76.3 cm³/mol. The van der Waals surface area contributed by atoms with Crippen LogP contribution in [0.1, 0.15) is 15.9 Å². The molecule has 0 unspecified atom stereocenters. The summed E-state index contributed by atoms with van der Waals surface area (Å²) in [5.41, 5.74) is 7.29. The van der Waals surface area contributed by atoms with Crippen LogP contribution in [0.15, 0.2) is 29.6 Å². The summed E-state index contributed by atoms with van der Waals surface area (Å²) >= 11 is 9.70. The number of ketones is 1. The summed E-state index contributed by atoms with van der Waals surface area (Å²) < 4.78 is 1.08. The van der Waals surface area contributed by atoms with Gasteiger partial charge in [0, 0.05) is 22.2 Å². The van der Waals surface area contributed by atoms with E-state index in [1.807, 2.05) is 11.4 Å². The van der Waals surface area contributed by atoms with E-state index in [2.05, 4.69) is 22.6 Å². The Kier molecular flexibility index (Phi) is 3.51. The summed E-state index contributed by atoms with van der Waals surface area (Å²) in [7, 11) is 0. The SMILES string of the molecule is Nc1ccc(C(=O)c2csc(I)c2)c(Cl)c1. The van der Waals surface area contributed by atoms with E-state index in [1.165, 1.54) is 11.3 Å². The van der Waals surface area contributed by atoms with Crippen molar-refractivity contribution in [3.63, 3.8) is 0 Å². The van der Waals surface area contributed by atoms with Crippen LogP contribution in [0.3, 0.4) is 0 Å². The average molecular weight is 364 g/mol. The zero-order chi connectivity index (χ0) is 11.7. The van der Waals surface area contributed by atoms with Gasteiger partial charge in [0.1, 0.15) is 0 Å². The number of hydrogen-bond donors (Lipinski definition) is 1. The van der Waals surface area contributed by atoms with Crippen LogP contribution in [0.2, 0.25) is 5.02 Å². The molecule has 82 valence electrons. The first-order chi connectivity index (χ1) is 7.58. The van der Waals surface area contributed by atoms with Gasteiger partial charge in [0.05, 0.1) is 7.91 Å². The van der Waals surface area contributed by atoms with Gasteiger partial charge in [-0.3, -0.25) is 4.79 Å². The summed E-state index contributed by atoms with van der Waals surface area (Å²) in [5.74, 6) is -0.0656. The van der Waals surface area contributed by atoms with Gasteiger partial charge in [0.15, 0.2) is 5.78 Å². The largest absolute Gasteiger partial charge is 0.399 e. The van der Waals surface area contributed by atoms with E-state index < -0.39 is 0 Å². The molecule has 5 heteroatoms. The highest BCUT2D eigenvalue weighted by atomic mass is 127. The molecular weight excluding hydrogens is 357 g/mol. The molecule has 0 spiro atoms. The first kappa shape index (κ1) is 11.9. The van der Waals surface area contributed by atoms with Crippen LogP contribution in [0.5, 0.6) is 0 Å². The summed E-state index contributed by atoms with van der Waals surface area (Å²) in [4.78, 5) is 12.1. The number of carbonyl (C=O) groups is 1. The molecule has 2 aromatic rings. The third kappa shape index (κ3) is 2.39. The second-order valence-corrected chi connectivity index (χ2v) is 6.42. The first-order valence-corrected chi connectivity index (χ1v) is 6.75. The smallest absolute Gasteiger partial charge is 0.195 e. The Bertz CT molecular complexity index is 553. The number of hydrogen-bond acceptors (Lipinski definition) is 3. The topological polar surface area (TPSA) is 43.1 Å². The summed E-state index contributed by atoms with van der Waals surface area (Å²) in [6, 6.07) is 6.77. The molecular formula is C11H7ClINOS. The zero-order valence-electron chi connectivity index (χ0n) is 8.04. The Morgan fingerprint density at radius 1 is 1.38 bits per heavy atom. The Morgan fingerprint density at radius 3 is 2.69 bits per heavy atom. The van der Waals surface area contributed by atoms with Crippen LogP contribution in [0.25, 0.3) is 0 Å². The number of anilines is 1. The van der Waals surface area contributed by atoms with Gasteiger partial charge in [-0.25, -0.2) is 0 Å². The van der Waals surface area contributed by atoms with Gasteiger partial charge in [-0.05, 0) is 46.9 Å². The summed E-state index contributed by atoms with van der Waals surface area (Å²) in [6.07, 6.45) is 0. The van der Waals surface area contributed by atoms with Crippen molar-refractivity contribution in [3.8, 4) is 0 Å². The van der Waals surface area contributed by atoms with E-state index in [4.69, 9.17) is 17.3 Å². The molecule has 0 saturated heterocycles. The lowest BCUT2D eigenvalue weighted by molar-refractivity contribution is 0.103. The molecule has 0 amide bonds. The van der Waals surface area contributed by atoms with Crippen LogP contribution in [0, 0.1) is 2.88 Å². The summed E-state index contributed by atoms with van der Waals surface area (Å²) in [5, 5.41) is 2.22. The van der Waals surface area contributed by atoms with E-state index >= 15 is 0 Å². The molecule has 1 aromatic heterocycles. The fourth-order valence-electron chi connectivity index (χ4n) is 1.30. The number of halogens is 2. The molecule has 1 heterocycles. The Hall–Kier alpha value is -0.590. The number of thiophene rings is 1. The van der Waals surface area contributed by atoms with Crippen LogP contribution >= 0.6 is 45.5 Å². The van der Waals surface area contributed by atoms with E-state index in [0.717, 1.165) is 2.88 Å². The normalized spacial score (nSPS) is 10.4. The Labute approximate surface area is 116 Å². The van der Waals surface area contributed by atoms with Crippen molar-refractivity contribution in [3.05, 3.63) is 48.7 Å². The van der Waals surface area contributed by atoms with Crippen LogP contribution in [-0.2, 0) is 0 Å². The quantitative estimate of drug-likeness (QED) is 0.501. The lowest BCUT2D eigenvalue weighted by atomic mass is 10.1. The van der Waals surface area contributed by atoms with Crippen LogP contribution in [0.4, 0.5) is 5.69 Å². The maximum atomic E-state index is 12.1. The fourth-order valence-corrected chi connectivity index (χ4v) is 2.90. The molecule has 0 radical (unpaired) electrons. The highest BCUT2D eigenvalue weighted by Gasteiger charge is 2.14. The third-order valence-corrected chi connectivity index (χ3v) is 4.17. The van der Waals surface area contributed by atoms with Crippen molar-refractivity contribution in [1.82, 2.24) is 0 Å². The number of benzene rings is 1. The molecule has 0 bridgehead atoms. The molecule has 2 rings (SSSR count). The molecule has 0 saturated carbocycles. The summed E-state index contributed by atoms with van der Waals surface area (Å²) in [6.45, 7) is 0. The Balaban J connectivity index is 2.41. The lowest BCUT2D eigenvalue weighted by Crippen LogP contribution is -2.01. The highest BCUT2D eigenvalue weighted by Crippen LogP contribution is 2.24. The molecule has 0 fully saturated rings. The maximum absolute atomic E-state index is 12.1. The van der Waals surface area contributed by atoms with E-state index in [0.29, 0.717) is 21.8 Å². The van der Waals surface area contributed by atoms with Gasteiger partial charge >= 0.3 is 0 Å². The van der Waals surface area contributed by atoms with Crippen molar-refractivity contribution in [1.29, 1.82) is 0 Å². The van der Waals surface area contributed by atoms with Crippen LogP contribution in [-0.4, -0.2) is 5.78 Å². The van der Waals surface area contributed by atoms with Crippen LogP contribution < -0.4 is 5.73 Å². The monoisotopic (exact) mass is 363 g/mol. The maximum Gasteiger partial charge on any atom is 0.195 e. The van der Waals surface area contributed by atoms with Crippen molar-refractivity contribution in [2.24, 2.45) is 0 Å². The minimum atomic E-state index is -0.0656. The minimum Gasteiger partial charge on any atom is -0.399 e. The van der Waals surface area contributed by atoms with E-state index in [1.54, 1.807) is 18.2 Å². The van der Waals surface area contributed by atoms with Gasteiger partial charge in [0.2, 0.25) is 0 Å². The van der Waals surface area contributed by atoms with Gasteiger partial charge in [-0.2, -0.15) is 0 Å². The van der Waals surface area contributed by atoms with Gasteiger partial charge in [0.25, 0.3) is 0 Å². The number of nitrogen functional groups attached to an aromatic ring is 1. The third-order valence-electron chi connectivity index (χ3n) is 2.07. The molecule has 16 heavy (non-hydrogen) atoms. The van der Waals surface area contributed by atoms with E-state index in [9.17, 15) is 4.79 Å². The fraction of sp³-hybridized carbons (Fsp3) is 0. The van der Waals surface area contributed by atoms with Crippen molar-refractivity contribution < 1.29 is 4.79 Å². The Morgan fingerprint density at radius 2 is 2.12 bits per heavy atom. The molecule has 1 aromatic carbocycles. The number of carbonyl (C=O) groups excluding carboxylic acids is 1. The highest BCUT2D eigenvalue weighted by molar-refractivity contribution is 14.1. The molecule has 2 nitrogen and oxygen atoms in total. The number of nitrogens with two attached hydrogens (primary N) is 1. The second-order valence-electron chi connectivity index (χ2n) is 3.21. The zero-order valence-corrected chi connectivity index (χ0v) is 11.8. The molecule has 2 N–H and O–H groups in total. The second kappa shape index (κ2) is 4.73.